The molecule has 0 spiro atoms. The first-order valence-electron chi connectivity index (χ1n) is 7.05. The number of hydrazine groups is 1. The number of hydrogen-bond acceptors (Lipinski definition) is 6. The molecule has 2 heterocycles. The lowest BCUT2D eigenvalue weighted by Gasteiger charge is -2.34. The summed E-state index contributed by atoms with van der Waals surface area (Å²) in [5.41, 5.74) is 0.843. The van der Waals surface area contributed by atoms with Gasteiger partial charge in [0.15, 0.2) is 0 Å². The van der Waals surface area contributed by atoms with Crippen molar-refractivity contribution >= 4 is 16.0 Å². The third-order valence-electron chi connectivity index (χ3n) is 4.45. The lowest BCUT2D eigenvalue weighted by Crippen LogP contribution is -2.52. The lowest BCUT2D eigenvalue weighted by molar-refractivity contribution is -0.258. The molecule has 2 aliphatic heterocycles. The molecule has 0 aromatic carbocycles. The third-order valence-corrected chi connectivity index (χ3v) is 7.06. The molecule has 1 fully saturated rings. The number of hydrogen-bond donors (Lipinski definition) is 1. The second-order valence-corrected chi connectivity index (χ2v) is 8.44. The number of carbonyl (C=O) groups excluding carboxylic acids is 1. The van der Waals surface area contributed by atoms with Gasteiger partial charge in [0.25, 0.3) is 0 Å². The number of nitrogens with zero attached hydrogens (tertiary/aromatic N) is 2. The molecule has 3 rings (SSSR count). The van der Waals surface area contributed by atoms with Gasteiger partial charge in [-0.2, -0.15) is 13.2 Å². The summed E-state index contributed by atoms with van der Waals surface area (Å²) in [6.07, 6.45) is -4.37. The van der Waals surface area contributed by atoms with Gasteiger partial charge in [0.2, 0.25) is 10.0 Å². The maximum absolute atomic E-state index is 12.8. The summed E-state index contributed by atoms with van der Waals surface area (Å²) in [5.74, 6) is -2.45. The second-order valence-electron chi connectivity index (χ2n) is 6.13. The zero-order chi connectivity index (χ0) is 17.2. The van der Waals surface area contributed by atoms with Crippen LogP contribution < -0.4 is 5.32 Å². The Morgan fingerprint density at radius 2 is 1.96 bits per heavy atom. The number of nitrogens with one attached hydrogen (secondary N) is 1. The quantitative estimate of drug-likeness (QED) is 0.802. The van der Waals surface area contributed by atoms with E-state index in [9.17, 15) is 26.4 Å². The fraction of sp³-hybridized carbons (Fsp3) is 0.750. The topological polar surface area (TPSA) is 79.0 Å². The van der Waals surface area contributed by atoms with Crippen molar-refractivity contribution in [3.8, 4) is 0 Å². The van der Waals surface area contributed by atoms with Gasteiger partial charge in [-0.3, -0.25) is 0 Å². The first-order chi connectivity index (χ1) is 10.5. The molecule has 0 saturated heterocycles. The van der Waals surface area contributed by atoms with Gasteiger partial charge in [-0.05, 0) is 32.3 Å². The number of hydroxylamine groups is 1. The van der Waals surface area contributed by atoms with E-state index in [1.807, 2.05) is 0 Å². The van der Waals surface area contributed by atoms with E-state index in [1.165, 1.54) is 6.92 Å². The van der Waals surface area contributed by atoms with E-state index >= 15 is 0 Å². The Kier molecular flexibility index (Phi) is 3.47. The van der Waals surface area contributed by atoms with Gasteiger partial charge in [-0.15, -0.1) is 5.17 Å². The van der Waals surface area contributed by atoms with Crippen LogP contribution in [-0.4, -0.2) is 54.0 Å². The Morgan fingerprint density at radius 3 is 2.48 bits per heavy atom. The van der Waals surface area contributed by atoms with Gasteiger partial charge in [0, 0.05) is 13.1 Å². The summed E-state index contributed by atoms with van der Waals surface area (Å²) in [6, 6.07) is -0.705. The van der Waals surface area contributed by atoms with Gasteiger partial charge in [-0.1, -0.05) is 4.41 Å². The van der Waals surface area contributed by atoms with E-state index in [0.29, 0.717) is 30.1 Å². The van der Waals surface area contributed by atoms with Crippen LogP contribution in [0, 0.1) is 0 Å². The standard InChI is InChI=1S/C12H16F3N3O4S/c1-7-8-5-16-6-9(8)17(22-10(19)12(13,14)15)18(7)23(20,21)11(2)3-4-11/h7,16H,3-6H2,1-2H3. The molecule has 0 amide bonds. The van der Waals surface area contributed by atoms with E-state index in [2.05, 4.69) is 10.2 Å². The normalized spacial score (nSPS) is 27.3. The minimum atomic E-state index is -5.21. The highest BCUT2D eigenvalue weighted by atomic mass is 32.2. The average molecular weight is 355 g/mol. The molecule has 0 radical (unpaired) electrons. The van der Waals surface area contributed by atoms with E-state index in [-0.39, 0.29) is 12.2 Å². The van der Waals surface area contributed by atoms with Crippen molar-refractivity contribution in [2.24, 2.45) is 0 Å². The predicted octanol–water partition coefficient (Wildman–Crippen LogP) is 0.668. The molecule has 23 heavy (non-hydrogen) atoms. The summed E-state index contributed by atoms with van der Waals surface area (Å²) in [7, 11) is -3.95. The summed E-state index contributed by atoms with van der Waals surface area (Å²) in [4.78, 5) is 15.6. The van der Waals surface area contributed by atoms with Gasteiger partial charge in [-0.25, -0.2) is 13.2 Å². The van der Waals surface area contributed by atoms with Crippen LogP contribution in [0.1, 0.15) is 26.7 Å². The Hall–Kier alpha value is -1.33. The van der Waals surface area contributed by atoms with Crippen LogP contribution in [0.4, 0.5) is 13.2 Å². The monoisotopic (exact) mass is 355 g/mol. The van der Waals surface area contributed by atoms with Crippen LogP contribution in [0.15, 0.2) is 11.3 Å². The molecule has 0 aromatic heterocycles. The smallest absolute Gasteiger partial charge is 0.315 e. The number of sulfonamides is 1. The molecule has 130 valence electrons. The Morgan fingerprint density at radius 1 is 1.35 bits per heavy atom. The van der Waals surface area contributed by atoms with E-state index < -0.39 is 33.0 Å². The summed E-state index contributed by atoms with van der Waals surface area (Å²) >= 11 is 0. The van der Waals surface area contributed by atoms with Crippen LogP contribution in [0.25, 0.3) is 0 Å². The van der Waals surface area contributed by atoms with Crippen molar-refractivity contribution in [2.45, 2.75) is 43.7 Å². The van der Waals surface area contributed by atoms with E-state index in [1.54, 1.807) is 6.92 Å². The molecule has 7 nitrogen and oxygen atoms in total. The van der Waals surface area contributed by atoms with Crippen molar-refractivity contribution in [2.75, 3.05) is 13.1 Å². The highest BCUT2D eigenvalue weighted by Gasteiger charge is 2.59. The SMILES string of the molecule is CC1C2=C(CNC2)N(OC(=O)C(F)(F)F)N1S(=O)(=O)C1(C)CC1. The van der Waals surface area contributed by atoms with Crippen molar-refractivity contribution in [1.29, 1.82) is 0 Å². The Bertz CT molecular complexity index is 684. The van der Waals surface area contributed by atoms with Crippen LogP contribution in [0.3, 0.4) is 0 Å². The highest BCUT2D eigenvalue weighted by Crippen LogP contribution is 2.48. The van der Waals surface area contributed by atoms with Gasteiger partial charge >= 0.3 is 12.1 Å². The van der Waals surface area contributed by atoms with Crippen LogP contribution in [0.2, 0.25) is 0 Å². The summed E-state index contributed by atoms with van der Waals surface area (Å²) in [5, 5.41) is 3.42. The summed E-state index contributed by atoms with van der Waals surface area (Å²) < 4.78 is 62.8. The average Bonchev–Trinajstić information content (AvgIpc) is 2.93. The first kappa shape index (κ1) is 16.5. The molecular formula is C12H16F3N3O4S. The van der Waals surface area contributed by atoms with Crippen LogP contribution >= 0.6 is 0 Å². The van der Waals surface area contributed by atoms with E-state index in [4.69, 9.17) is 0 Å². The largest absolute Gasteiger partial charge is 0.493 e. The van der Waals surface area contributed by atoms with Crippen LogP contribution in [-0.2, 0) is 19.7 Å². The highest BCUT2D eigenvalue weighted by molar-refractivity contribution is 7.90. The number of alkyl halides is 3. The van der Waals surface area contributed by atoms with Crippen molar-refractivity contribution in [3.05, 3.63) is 11.3 Å². The van der Waals surface area contributed by atoms with E-state index in [0.717, 1.165) is 4.41 Å². The lowest BCUT2D eigenvalue weighted by atomic mass is 10.1. The molecular weight excluding hydrogens is 339 g/mol. The van der Waals surface area contributed by atoms with Crippen molar-refractivity contribution in [3.63, 3.8) is 0 Å². The Balaban J connectivity index is 1.96. The maximum Gasteiger partial charge on any atom is 0.493 e. The maximum atomic E-state index is 12.8. The molecule has 3 aliphatic rings. The zero-order valence-electron chi connectivity index (χ0n) is 12.5. The fourth-order valence-electron chi connectivity index (χ4n) is 2.71. The molecule has 1 atom stereocenters. The first-order valence-corrected chi connectivity index (χ1v) is 8.49. The summed E-state index contributed by atoms with van der Waals surface area (Å²) in [6.45, 7) is 3.56. The van der Waals surface area contributed by atoms with Crippen molar-refractivity contribution in [1.82, 2.24) is 14.9 Å². The number of halogens is 3. The number of rotatable bonds is 3. The molecule has 1 saturated carbocycles. The molecule has 1 unspecified atom stereocenters. The molecule has 0 aromatic rings. The van der Waals surface area contributed by atoms with Gasteiger partial charge in [0.05, 0.1) is 16.5 Å². The third kappa shape index (κ3) is 2.41. The minimum absolute atomic E-state index is 0.132. The molecule has 0 bridgehead atoms. The molecule has 11 heteroatoms. The van der Waals surface area contributed by atoms with Crippen molar-refractivity contribution < 1.29 is 31.2 Å². The Labute approximate surface area is 131 Å². The van der Waals surface area contributed by atoms with Gasteiger partial charge in [0.1, 0.15) is 0 Å². The number of carbonyl (C=O) groups is 1. The fourth-order valence-corrected chi connectivity index (χ4v) is 4.65. The predicted molar refractivity (Wildman–Crippen MR) is 71.7 cm³/mol. The zero-order valence-corrected chi connectivity index (χ0v) is 13.3. The van der Waals surface area contributed by atoms with Crippen LogP contribution in [0.5, 0.6) is 0 Å². The van der Waals surface area contributed by atoms with Gasteiger partial charge < -0.3 is 10.2 Å². The second kappa shape index (κ2) is 4.84. The molecule has 1 aliphatic carbocycles. The molecule has 1 N–H and O–H groups in total. The minimum Gasteiger partial charge on any atom is -0.315 e.